The van der Waals surface area contributed by atoms with Gasteiger partial charge >= 0.3 is 5.97 Å². The van der Waals surface area contributed by atoms with Gasteiger partial charge in [0.2, 0.25) is 11.9 Å². The molecular formula is C24H27N5O6. The second-order valence-corrected chi connectivity index (χ2v) is 8.11. The van der Waals surface area contributed by atoms with Gasteiger partial charge in [-0.1, -0.05) is 24.3 Å². The summed E-state index contributed by atoms with van der Waals surface area (Å²) in [5.74, 6) is -1.21. The molecule has 2 aliphatic heterocycles. The lowest BCUT2D eigenvalue weighted by Crippen LogP contribution is -2.57. The number of nitrogens with one attached hydrogen (secondary N) is 1. The number of benzene rings is 2. The Hall–Kier alpha value is -4.15. The van der Waals surface area contributed by atoms with Crippen molar-refractivity contribution in [3.63, 3.8) is 0 Å². The van der Waals surface area contributed by atoms with Gasteiger partial charge in [0.05, 0.1) is 24.3 Å². The van der Waals surface area contributed by atoms with Gasteiger partial charge in [-0.3, -0.25) is 25.0 Å². The molecule has 2 aromatic carbocycles. The molecule has 11 heteroatoms. The highest BCUT2D eigenvalue weighted by Crippen LogP contribution is 2.33. The van der Waals surface area contributed by atoms with Gasteiger partial charge in [-0.2, -0.15) is 0 Å². The van der Waals surface area contributed by atoms with Crippen LogP contribution in [0.4, 0.5) is 11.4 Å². The van der Waals surface area contributed by atoms with Crippen LogP contribution < -0.4 is 15.0 Å². The second kappa shape index (κ2) is 10.4. The number of hydrogen-bond acceptors (Lipinski definition) is 9. The van der Waals surface area contributed by atoms with Crippen LogP contribution in [0.2, 0.25) is 0 Å². The highest BCUT2D eigenvalue weighted by Gasteiger charge is 2.42. The molecule has 1 fully saturated rings. The van der Waals surface area contributed by atoms with Crippen molar-refractivity contribution in [2.45, 2.75) is 13.0 Å². The van der Waals surface area contributed by atoms with Gasteiger partial charge in [0.1, 0.15) is 11.8 Å². The van der Waals surface area contributed by atoms with Crippen LogP contribution in [0.15, 0.2) is 53.5 Å². The van der Waals surface area contributed by atoms with Crippen molar-refractivity contribution in [2.75, 3.05) is 44.8 Å². The zero-order valence-corrected chi connectivity index (χ0v) is 19.5. The van der Waals surface area contributed by atoms with E-state index in [-0.39, 0.29) is 12.3 Å². The van der Waals surface area contributed by atoms with Crippen molar-refractivity contribution < 1.29 is 24.0 Å². The first-order chi connectivity index (χ1) is 16.9. The summed E-state index contributed by atoms with van der Waals surface area (Å²) in [6.07, 6.45) is 0. The van der Waals surface area contributed by atoms with Crippen molar-refractivity contribution in [1.82, 2.24) is 10.2 Å². The number of aliphatic imine (C=N–C) groups is 1. The lowest BCUT2D eigenvalue weighted by atomic mass is 9.91. The molecule has 2 unspecified atom stereocenters. The summed E-state index contributed by atoms with van der Waals surface area (Å²) in [5.41, 5.74) is 1.43. The molecule has 11 nitrogen and oxygen atoms in total. The minimum atomic E-state index is -1.19. The van der Waals surface area contributed by atoms with Gasteiger partial charge in [0, 0.05) is 38.3 Å². The highest BCUT2D eigenvalue weighted by atomic mass is 16.6. The van der Waals surface area contributed by atoms with E-state index in [2.05, 4.69) is 10.2 Å². The Balaban J connectivity index is 1.58. The van der Waals surface area contributed by atoms with E-state index in [1.165, 1.54) is 24.3 Å². The fourth-order valence-corrected chi connectivity index (χ4v) is 4.31. The summed E-state index contributed by atoms with van der Waals surface area (Å²) in [4.78, 5) is 45.1. The van der Waals surface area contributed by atoms with E-state index in [1.54, 1.807) is 14.0 Å². The maximum absolute atomic E-state index is 13.0. The van der Waals surface area contributed by atoms with Crippen molar-refractivity contribution in [3.05, 3.63) is 64.2 Å². The molecule has 0 bridgehead atoms. The van der Waals surface area contributed by atoms with Gasteiger partial charge in [-0.05, 0) is 24.6 Å². The van der Waals surface area contributed by atoms with Gasteiger partial charge in [-0.25, -0.2) is 4.99 Å². The third kappa shape index (κ3) is 5.03. The van der Waals surface area contributed by atoms with Crippen LogP contribution in [0.1, 0.15) is 18.5 Å². The smallest absolute Gasteiger partial charge is 0.321 e. The predicted octanol–water partition coefficient (Wildman–Crippen LogP) is 2.13. The number of guanidine groups is 1. The molecule has 1 saturated heterocycles. The molecule has 0 radical (unpaired) electrons. The largest absolute Gasteiger partial charge is 0.495 e. The first kappa shape index (κ1) is 24.0. The van der Waals surface area contributed by atoms with E-state index < -0.39 is 28.8 Å². The fraction of sp³-hybridized carbons (Fsp3) is 0.375. The van der Waals surface area contributed by atoms with E-state index >= 15 is 0 Å². The number of ether oxygens (including phenoxy) is 2. The first-order valence-electron chi connectivity index (χ1n) is 11.4. The van der Waals surface area contributed by atoms with E-state index in [1.807, 2.05) is 29.2 Å². The number of nitro groups is 1. The van der Waals surface area contributed by atoms with Gasteiger partial charge in [-0.15, -0.1) is 0 Å². The lowest BCUT2D eigenvalue weighted by molar-refractivity contribution is -0.384. The van der Waals surface area contributed by atoms with Crippen molar-refractivity contribution in [3.8, 4) is 5.75 Å². The number of para-hydroxylation sites is 2. The van der Waals surface area contributed by atoms with Crippen LogP contribution in [0, 0.1) is 16.0 Å². The molecule has 0 spiro atoms. The van der Waals surface area contributed by atoms with Crippen molar-refractivity contribution in [2.24, 2.45) is 10.9 Å². The average Bonchev–Trinajstić information content (AvgIpc) is 2.88. The van der Waals surface area contributed by atoms with E-state index in [4.69, 9.17) is 14.5 Å². The molecule has 0 aliphatic carbocycles. The number of anilines is 1. The molecule has 35 heavy (non-hydrogen) atoms. The van der Waals surface area contributed by atoms with Crippen LogP contribution in [-0.2, 0) is 14.3 Å². The fourth-order valence-electron chi connectivity index (χ4n) is 4.31. The Morgan fingerprint density at radius 1 is 1.11 bits per heavy atom. The molecule has 184 valence electrons. The quantitative estimate of drug-likeness (QED) is 0.288. The third-order valence-electron chi connectivity index (χ3n) is 6.09. The first-order valence-corrected chi connectivity index (χ1v) is 11.4. The van der Waals surface area contributed by atoms with E-state index in [0.717, 1.165) is 11.4 Å². The zero-order chi connectivity index (χ0) is 24.9. The monoisotopic (exact) mass is 481 g/mol. The number of carbonyl (C=O) groups is 2. The lowest BCUT2D eigenvalue weighted by Gasteiger charge is -2.40. The second-order valence-electron chi connectivity index (χ2n) is 8.11. The van der Waals surface area contributed by atoms with Gasteiger partial charge in [0.15, 0.2) is 5.92 Å². The van der Waals surface area contributed by atoms with Gasteiger partial charge < -0.3 is 19.3 Å². The minimum absolute atomic E-state index is 0.0849. The number of nitro benzene ring substituents is 1. The molecule has 4 rings (SSSR count). The molecule has 2 atom stereocenters. The Labute approximate surface area is 202 Å². The van der Waals surface area contributed by atoms with Crippen LogP contribution in [-0.4, -0.2) is 67.6 Å². The number of amides is 1. The standard InChI is InChI=1S/C24H27N5O6/c1-3-35-23(31)20-21(16-8-10-17(11-9-16)29(32)33)25-24(26-22(20)30)28-14-12-27(13-15-28)18-6-4-5-7-19(18)34-2/h4-11,20-21H,3,12-15H2,1-2H3,(H,25,26,30). The topological polar surface area (TPSA) is 127 Å². The number of esters is 1. The number of hydrogen-bond donors (Lipinski definition) is 1. The minimum Gasteiger partial charge on any atom is -0.495 e. The number of methoxy groups -OCH3 is 1. The maximum Gasteiger partial charge on any atom is 0.321 e. The summed E-state index contributed by atoms with van der Waals surface area (Å²) in [7, 11) is 1.64. The molecule has 2 aliphatic rings. The van der Waals surface area contributed by atoms with E-state index in [9.17, 15) is 19.7 Å². The van der Waals surface area contributed by atoms with Crippen LogP contribution >= 0.6 is 0 Å². The SMILES string of the molecule is CCOC(=O)C1C(=O)NC(N2CCN(c3ccccc3OC)CC2)=NC1c1ccc([N+](=O)[O-])cc1. The summed E-state index contributed by atoms with van der Waals surface area (Å²) in [6.45, 7) is 4.33. The Morgan fingerprint density at radius 3 is 2.40 bits per heavy atom. The van der Waals surface area contributed by atoms with Crippen LogP contribution in [0.3, 0.4) is 0 Å². The molecule has 2 aromatic rings. The van der Waals surface area contributed by atoms with Crippen LogP contribution in [0.5, 0.6) is 5.75 Å². The molecule has 0 saturated carbocycles. The average molecular weight is 482 g/mol. The number of rotatable bonds is 6. The Morgan fingerprint density at radius 2 is 1.77 bits per heavy atom. The van der Waals surface area contributed by atoms with Crippen LogP contribution in [0.25, 0.3) is 0 Å². The predicted molar refractivity (Wildman–Crippen MR) is 128 cm³/mol. The Bertz CT molecular complexity index is 1130. The maximum atomic E-state index is 13.0. The number of carbonyl (C=O) groups excluding carboxylic acids is 2. The molecule has 1 amide bonds. The molecular weight excluding hydrogens is 454 g/mol. The summed E-state index contributed by atoms with van der Waals surface area (Å²) < 4.78 is 10.6. The molecule has 1 N–H and O–H groups in total. The van der Waals surface area contributed by atoms with Crippen molar-refractivity contribution >= 4 is 29.2 Å². The number of non-ortho nitro benzene ring substituents is 1. The van der Waals surface area contributed by atoms with Crippen molar-refractivity contribution in [1.29, 1.82) is 0 Å². The van der Waals surface area contributed by atoms with Gasteiger partial charge in [0.25, 0.3) is 5.69 Å². The third-order valence-corrected chi connectivity index (χ3v) is 6.09. The normalized spacial score (nSPS) is 20.1. The van der Waals surface area contributed by atoms with E-state index in [0.29, 0.717) is 37.7 Å². The zero-order valence-electron chi connectivity index (χ0n) is 19.5. The summed E-state index contributed by atoms with van der Waals surface area (Å²) in [5, 5.41) is 13.8. The molecule has 2 heterocycles. The Kier molecular flexibility index (Phi) is 7.14. The highest BCUT2D eigenvalue weighted by molar-refractivity contribution is 6.08. The summed E-state index contributed by atoms with van der Waals surface area (Å²) in [6, 6.07) is 12.7. The number of piperazine rings is 1. The number of nitrogens with zero attached hydrogens (tertiary/aromatic N) is 4. The summed E-state index contributed by atoms with van der Waals surface area (Å²) >= 11 is 0. The molecule has 0 aromatic heterocycles.